The van der Waals surface area contributed by atoms with Crippen molar-refractivity contribution in [3.05, 3.63) is 34.8 Å². The van der Waals surface area contributed by atoms with Gasteiger partial charge in [0.25, 0.3) is 0 Å². The van der Waals surface area contributed by atoms with Gasteiger partial charge in [0.15, 0.2) is 5.13 Å². The first-order chi connectivity index (χ1) is 9.20. The molecule has 0 atom stereocenters. The van der Waals surface area contributed by atoms with Crippen LogP contribution in [0.4, 0.5) is 21.3 Å². The molecular formula is C13H14N4OS. The Bertz CT molecular complexity index is 584. The van der Waals surface area contributed by atoms with Crippen molar-refractivity contribution in [2.24, 2.45) is 0 Å². The Morgan fingerprint density at radius 3 is 2.74 bits per heavy atom. The Kier molecular flexibility index (Phi) is 3.08. The van der Waals surface area contributed by atoms with Crippen LogP contribution in [0.1, 0.15) is 17.0 Å². The zero-order chi connectivity index (χ0) is 13.2. The Morgan fingerprint density at radius 1 is 1.21 bits per heavy atom. The van der Waals surface area contributed by atoms with E-state index in [1.54, 1.807) is 35.6 Å². The number of aromatic nitrogens is 1. The molecule has 1 aromatic carbocycles. The van der Waals surface area contributed by atoms with Crippen molar-refractivity contribution in [2.45, 2.75) is 19.3 Å². The fourth-order valence-electron chi connectivity index (χ4n) is 2.07. The minimum Gasteiger partial charge on any atom is -0.399 e. The van der Waals surface area contributed by atoms with Gasteiger partial charge in [0.2, 0.25) is 0 Å². The maximum atomic E-state index is 11.8. The average molecular weight is 274 g/mol. The lowest BCUT2D eigenvalue weighted by atomic mass is 10.3. The van der Waals surface area contributed by atoms with E-state index in [2.05, 4.69) is 15.6 Å². The van der Waals surface area contributed by atoms with Crippen LogP contribution in [0.2, 0.25) is 0 Å². The van der Waals surface area contributed by atoms with Gasteiger partial charge in [-0.25, -0.2) is 9.78 Å². The van der Waals surface area contributed by atoms with Crippen LogP contribution in [-0.4, -0.2) is 11.0 Å². The first kappa shape index (κ1) is 12.0. The Labute approximate surface area is 114 Å². The van der Waals surface area contributed by atoms with Gasteiger partial charge in [0.1, 0.15) is 0 Å². The minimum absolute atomic E-state index is 0.280. The molecule has 1 heterocycles. The monoisotopic (exact) mass is 274 g/mol. The minimum atomic E-state index is -0.280. The van der Waals surface area contributed by atoms with Crippen molar-refractivity contribution in [3.63, 3.8) is 0 Å². The zero-order valence-electron chi connectivity index (χ0n) is 10.3. The molecule has 1 aromatic heterocycles. The van der Waals surface area contributed by atoms with Gasteiger partial charge in [0, 0.05) is 16.3 Å². The van der Waals surface area contributed by atoms with Crippen molar-refractivity contribution in [1.82, 2.24) is 4.98 Å². The molecule has 4 N–H and O–H groups in total. The summed E-state index contributed by atoms with van der Waals surface area (Å²) in [5.41, 5.74) is 8.09. The molecule has 98 valence electrons. The number of benzene rings is 1. The van der Waals surface area contributed by atoms with Crippen molar-refractivity contribution in [2.75, 3.05) is 16.4 Å². The molecule has 0 saturated carbocycles. The molecule has 1 aliphatic carbocycles. The van der Waals surface area contributed by atoms with E-state index in [0.29, 0.717) is 16.5 Å². The molecule has 5 nitrogen and oxygen atoms in total. The third kappa shape index (κ3) is 2.68. The lowest BCUT2D eigenvalue weighted by Gasteiger charge is -2.05. The van der Waals surface area contributed by atoms with E-state index in [0.717, 1.165) is 18.5 Å². The largest absolute Gasteiger partial charge is 0.399 e. The number of nitrogens with two attached hydrogens (primary N) is 1. The quantitative estimate of drug-likeness (QED) is 0.737. The maximum Gasteiger partial charge on any atom is 0.325 e. The number of nitrogen functional groups attached to an aromatic ring is 1. The Hall–Kier alpha value is -2.08. The molecule has 19 heavy (non-hydrogen) atoms. The number of amides is 2. The first-order valence-electron chi connectivity index (χ1n) is 6.13. The maximum absolute atomic E-state index is 11.8. The molecule has 0 unspecified atom stereocenters. The van der Waals surface area contributed by atoms with Gasteiger partial charge >= 0.3 is 6.03 Å². The molecule has 0 radical (unpaired) electrons. The number of hydrogen-bond donors (Lipinski definition) is 3. The number of nitrogens with one attached hydrogen (secondary N) is 2. The van der Waals surface area contributed by atoms with E-state index in [9.17, 15) is 4.79 Å². The van der Waals surface area contributed by atoms with Gasteiger partial charge in [0.05, 0.1) is 5.69 Å². The number of rotatable bonds is 2. The number of thiazole rings is 1. The summed E-state index contributed by atoms with van der Waals surface area (Å²) in [6, 6.07) is 6.73. The number of urea groups is 1. The summed E-state index contributed by atoms with van der Waals surface area (Å²) in [6.07, 6.45) is 3.27. The highest BCUT2D eigenvalue weighted by atomic mass is 32.1. The summed E-state index contributed by atoms with van der Waals surface area (Å²) in [4.78, 5) is 17.5. The second-order valence-electron chi connectivity index (χ2n) is 4.44. The number of nitrogens with zero attached hydrogens (tertiary/aromatic N) is 1. The summed E-state index contributed by atoms with van der Waals surface area (Å²) < 4.78 is 0. The Balaban J connectivity index is 1.63. The standard InChI is InChI=1S/C13H14N4OS/c14-8-4-6-9(7-5-8)15-12(18)17-13-16-10-2-1-3-11(10)19-13/h4-7H,1-3,14H2,(H2,15,16,17,18). The van der Waals surface area contributed by atoms with Gasteiger partial charge in [-0.15, -0.1) is 11.3 Å². The SMILES string of the molecule is Nc1ccc(NC(=O)Nc2nc3c(s2)CCC3)cc1. The van der Waals surface area contributed by atoms with Crippen LogP contribution in [0.5, 0.6) is 0 Å². The van der Waals surface area contributed by atoms with Crippen molar-refractivity contribution >= 4 is 33.9 Å². The summed E-state index contributed by atoms with van der Waals surface area (Å²) in [5, 5.41) is 6.17. The van der Waals surface area contributed by atoms with Crippen molar-refractivity contribution in [3.8, 4) is 0 Å². The van der Waals surface area contributed by atoms with Crippen LogP contribution in [-0.2, 0) is 12.8 Å². The number of carbonyl (C=O) groups excluding carboxylic acids is 1. The second kappa shape index (κ2) is 4.89. The van der Waals surface area contributed by atoms with Gasteiger partial charge in [-0.3, -0.25) is 5.32 Å². The predicted octanol–water partition coefficient (Wildman–Crippen LogP) is 2.86. The fourth-order valence-corrected chi connectivity index (χ4v) is 3.11. The van der Waals surface area contributed by atoms with Gasteiger partial charge in [-0.1, -0.05) is 0 Å². The third-order valence-electron chi connectivity index (χ3n) is 2.98. The van der Waals surface area contributed by atoms with E-state index in [-0.39, 0.29) is 6.03 Å². The number of aryl methyl sites for hydroxylation is 2. The van der Waals surface area contributed by atoms with E-state index in [1.807, 2.05) is 0 Å². The second-order valence-corrected chi connectivity index (χ2v) is 5.53. The number of hydrogen-bond acceptors (Lipinski definition) is 4. The van der Waals surface area contributed by atoms with Crippen LogP contribution in [0, 0.1) is 0 Å². The molecular weight excluding hydrogens is 260 g/mol. The highest BCUT2D eigenvalue weighted by Gasteiger charge is 2.17. The first-order valence-corrected chi connectivity index (χ1v) is 6.94. The smallest absolute Gasteiger partial charge is 0.325 e. The molecule has 0 spiro atoms. The van der Waals surface area contributed by atoms with Crippen LogP contribution in [0.3, 0.4) is 0 Å². The summed E-state index contributed by atoms with van der Waals surface area (Å²) >= 11 is 1.56. The van der Waals surface area contributed by atoms with Crippen molar-refractivity contribution < 1.29 is 4.79 Å². The van der Waals surface area contributed by atoms with Gasteiger partial charge in [-0.2, -0.15) is 0 Å². The average Bonchev–Trinajstić information content (AvgIpc) is 2.92. The summed E-state index contributed by atoms with van der Waals surface area (Å²) in [6.45, 7) is 0. The van der Waals surface area contributed by atoms with Gasteiger partial charge in [-0.05, 0) is 43.5 Å². The zero-order valence-corrected chi connectivity index (χ0v) is 11.1. The third-order valence-corrected chi connectivity index (χ3v) is 4.06. The topological polar surface area (TPSA) is 80.0 Å². The van der Waals surface area contributed by atoms with E-state index in [4.69, 9.17) is 5.73 Å². The number of anilines is 3. The molecule has 0 aliphatic heterocycles. The summed E-state index contributed by atoms with van der Waals surface area (Å²) in [5.74, 6) is 0. The lowest BCUT2D eigenvalue weighted by Crippen LogP contribution is -2.19. The van der Waals surface area contributed by atoms with Crippen LogP contribution < -0.4 is 16.4 Å². The molecule has 0 bridgehead atoms. The fraction of sp³-hybridized carbons (Fsp3) is 0.231. The van der Waals surface area contributed by atoms with Crippen LogP contribution >= 0.6 is 11.3 Å². The highest BCUT2D eigenvalue weighted by Crippen LogP contribution is 2.30. The van der Waals surface area contributed by atoms with Crippen molar-refractivity contribution in [1.29, 1.82) is 0 Å². The normalized spacial score (nSPS) is 13.1. The number of fused-ring (bicyclic) bond motifs is 1. The molecule has 2 amide bonds. The van der Waals surface area contributed by atoms with E-state index >= 15 is 0 Å². The van der Waals surface area contributed by atoms with Gasteiger partial charge < -0.3 is 11.1 Å². The molecule has 1 aliphatic rings. The summed E-state index contributed by atoms with van der Waals surface area (Å²) in [7, 11) is 0. The number of carbonyl (C=O) groups is 1. The van der Waals surface area contributed by atoms with Crippen LogP contribution in [0.25, 0.3) is 0 Å². The highest BCUT2D eigenvalue weighted by molar-refractivity contribution is 7.15. The lowest BCUT2D eigenvalue weighted by molar-refractivity contribution is 0.262. The predicted molar refractivity (Wildman–Crippen MR) is 77.6 cm³/mol. The molecule has 2 aromatic rings. The Morgan fingerprint density at radius 2 is 2.00 bits per heavy atom. The molecule has 0 saturated heterocycles. The molecule has 6 heteroatoms. The molecule has 3 rings (SSSR count). The van der Waals surface area contributed by atoms with Crippen LogP contribution in [0.15, 0.2) is 24.3 Å². The van der Waals surface area contributed by atoms with E-state index < -0.39 is 0 Å². The van der Waals surface area contributed by atoms with E-state index in [1.165, 1.54) is 11.3 Å². The molecule has 0 fully saturated rings.